The molecule has 23 heavy (non-hydrogen) atoms. The van der Waals surface area contributed by atoms with Crippen LogP contribution in [-0.4, -0.2) is 31.3 Å². The summed E-state index contributed by atoms with van der Waals surface area (Å²) in [4.78, 5) is 11.0. The van der Waals surface area contributed by atoms with Gasteiger partial charge >= 0.3 is 35.5 Å². The van der Waals surface area contributed by atoms with Gasteiger partial charge in [0.05, 0.1) is 6.61 Å². The number of hydrogen-bond acceptors (Lipinski definition) is 4. The largest absolute Gasteiger partial charge is 1.00 e. The molecule has 0 aliphatic rings. The SMILES string of the molecule is CCCCCCCCCCCCCCOC(=O)CS(=O)(=O)O.[H-].[Na+]. The van der Waals surface area contributed by atoms with E-state index in [0.717, 1.165) is 19.3 Å². The zero-order valence-electron chi connectivity index (χ0n) is 15.9. The van der Waals surface area contributed by atoms with Gasteiger partial charge in [-0.3, -0.25) is 9.35 Å². The van der Waals surface area contributed by atoms with Gasteiger partial charge < -0.3 is 6.16 Å². The normalized spacial score (nSPS) is 11.0. The van der Waals surface area contributed by atoms with Crippen molar-refractivity contribution < 1.29 is 53.5 Å². The van der Waals surface area contributed by atoms with E-state index < -0.39 is 21.8 Å². The van der Waals surface area contributed by atoms with Gasteiger partial charge in [0.2, 0.25) is 0 Å². The summed E-state index contributed by atoms with van der Waals surface area (Å²) >= 11 is 0. The number of ether oxygens (including phenoxy) is 1. The number of unbranched alkanes of at least 4 members (excludes halogenated alkanes) is 11. The third-order valence-corrected chi connectivity index (χ3v) is 4.16. The molecule has 0 aliphatic heterocycles. The van der Waals surface area contributed by atoms with Crippen LogP contribution < -0.4 is 29.6 Å². The van der Waals surface area contributed by atoms with E-state index >= 15 is 0 Å². The number of esters is 1. The van der Waals surface area contributed by atoms with E-state index in [9.17, 15) is 13.2 Å². The van der Waals surface area contributed by atoms with Crippen LogP contribution in [0.3, 0.4) is 0 Å². The van der Waals surface area contributed by atoms with Gasteiger partial charge in [0, 0.05) is 0 Å². The van der Waals surface area contributed by atoms with Gasteiger partial charge in [-0.05, 0) is 6.42 Å². The smallest absolute Gasteiger partial charge is 1.00 e. The van der Waals surface area contributed by atoms with Crippen molar-refractivity contribution in [1.29, 1.82) is 0 Å². The third-order valence-electron chi connectivity index (χ3n) is 3.56. The molecule has 0 amide bonds. The second-order valence-corrected chi connectivity index (χ2v) is 7.29. The second-order valence-electron chi connectivity index (χ2n) is 5.84. The molecule has 0 aliphatic carbocycles. The van der Waals surface area contributed by atoms with E-state index in [1.54, 1.807) is 0 Å². The first-order valence-corrected chi connectivity index (χ1v) is 10.2. The standard InChI is InChI=1S/C16H32O5S.Na.H/c1-2-3-4-5-6-7-8-9-10-11-12-13-14-21-16(17)15-22(18,19)20;;/h2-15H2,1H3,(H,18,19,20);;/q;+1;-1. The van der Waals surface area contributed by atoms with Crippen molar-refractivity contribution in [2.45, 2.75) is 84.0 Å². The zero-order valence-corrected chi connectivity index (χ0v) is 17.7. The van der Waals surface area contributed by atoms with Crippen LogP contribution in [0.4, 0.5) is 0 Å². The molecule has 0 fully saturated rings. The van der Waals surface area contributed by atoms with Crippen LogP contribution in [-0.2, 0) is 19.6 Å². The van der Waals surface area contributed by atoms with Gasteiger partial charge in [0.1, 0.15) is 0 Å². The molecule has 0 aromatic rings. The average Bonchev–Trinajstić information content (AvgIpc) is 2.42. The Bertz CT molecular complexity index is 377. The van der Waals surface area contributed by atoms with E-state index in [1.165, 1.54) is 57.8 Å². The number of hydrogen-bond donors (Lipinski definition) is 1. The molecule has 0 aromatic carbocycles. The molecule has 0 radical (unpaired) electrons. The first kappa shape index (κ1) is 25.6. The van der Waals surface area contributed by atoms with Gasteiger partial charge in [0.15, 0.2) is 5.75 Å². The molecule has 0 saturated carbocycles. The maximum atomic E-state index is 11.0. The summed E-state index contributed by atoms with van der Waals surface area (Å²) in [6.45, 7) is 2.46. The second kappa shape index (κ2) is 17.2. The van der Waals surface area contributed by atoms with Gasteiger partial charge in [-0.15, -0.1) is 0 Å². The molecule has 0 rings (SSSR count). The quantitative estimate of drug-likeness (QED) is 0.206. The van der Waals surface area contributed by atoms with Crippen molar-refractivity contribution in [2.75, 3.05) is 12.4 Å². The van der Waals surface area contributed by atoms with Gasteiger partial charge in [-0.1, -0.05) is 77.6 Å². The van der Waals surface area contributed by atoms with Crippen LogP contribution in [0, 0.1) is 0 Å². The summed E-state index contributed by atoms with van der Waals surface area (Å²) in [6, 6.07) is 0. The van der Waals surface area contributed by atoms with Crippen molar-refractivity contribution in [3.63, 3.8) is 0 Å². The van der Waals surface area contributed by atoms with Crippen LogP contribution in [0.5, 0.6) is 0 Å². The molecular weight excluding hydrogens is 327 g/mol. The maximum Gasteiger partial charge on any atom is 1.00 e. The van der Waals surface area contributed by atoms with Crippen LogP contribution in [0.1, 0.15) is 85.4 Å². The average molecular weight is 360 g/mol. The van der Waals surface area contributed by atoms with Crippen LogP contribution in [0.2, 0.25) is 0 Å². The molecule has 0 heterocycles. The molecule has 0 saturated heterocycles. The molecule has 0 aromatic heterocycles. The molecule has 7 heteroatoms. The number of carbonyl (C=O) groups excluding carboxylic acids is 1. The van der Waals surface area contributed by atoms with Crippen molar-refractivity contribution >= 4 is 16.1 Å². The minimum Gasteiger partial charge on any atom is -1.00 e. The predicted molar refractivity (Wildman–Crippen MR) is 89.6 cm³/mol. The van der Waals surface area contributed by atoms with E-state index in [2.05, 4.69) is 6.92 Å². The fraction of sp³-hybridized carbons (Fsp3) is 0.938. The zero-order chi connectivity index (χ0) is 16.7. The molecule has 5 nitrogen and oxygen atoms in total. The summed E-state index contributed by atoms with van der Waals surface area (Å²) in [5.41, 5.74) is 0. The third kappa shape index (κ3) is 22.4. The molecular formula is C16H33NaO5S. The maximum absolute atomic E-state index is 11.0. The number of rotatable bonds is 15. The van der Waals surface area contributed by atoms with Gasteiger partial charge in [-0.25, -0.2) is 0 Å². The fourth-order valence-corrected chi connectivity index (χ4v) is 2.70. The van der Waals surface area contributed by atoms with Crippen LogP contribution in [0.25, 0.3) is 0 Å². The van der Waals surface area contributed by atoms with Crippen molar-refractivity contribution in [3.05, 3.63) is 0 Å². The summed E-state index contributed by atoms with van der Waals surface area (Å²) in [5, 5.41) is 0. The van der Waals surface area contributed by atoms with E-state index in [4.69, 9.17) is 9.29 Å². The van der Waals surface area contributed by atoms with Crippen LogP contribution >= 0.6 is 0 Å². The van der Waals surface area contributed by atoms with E-state index in [-0.39, 0.29) is 37.6 Å². The molecule has 0 spiro atoms. The summed E-state index contributed by atoms with van der Waals surface area (Å²) in [7, 11) is -4.27. The first-order valence-electron chi connectivity index (χ1n) is 8.56. The molecule has 0 unspecified atom stereocenters. The molecule has 0 atom stereocenters. The Morgan fingerprint density at radius 1 is 0.870 bits per heavy atom. The van der Waals surface area contributed by atoms with Crippen molar-refractivity contribution in [2.24, 2.45) is 0 Å². The Morgan fingerprint density at radius 3 is 1.65 bits per heavy atom. The molecule has 1 N–H and O–H groups in total. The Kier molecular flexibility index (Phi) is 19.2. The van der Waals surface area contributed by atoms with Crippen molar-refractivity contribution in [1.82, 2.24) is 0 Å². The Labute approximate surface area is 165 Å². The van der Waals surface area contributed by atoms with Crippen LogP contribution in [0.15, 0.2) is 0 Å². The molecule has 134 valence electrons. The number of carbonyl (C=O) groups is 1. The minimum absolute atomic E-state index is 0. The van der Waals surface area contributed by atoms with Crippen molar-refractivity contribution in [3.8, 4) is 0 Å². The molecule has 0 bridgehead atoms. The van der Waals surface area contributed by atoms with E-state index in [1.807, 2.05) is 0 Å². The van der Waals surface area contributed by atoms with E-state index in [0.29, 0.717) is 0 Å². The monoisotopic (exact) mass is 360 g/mol. The Hall–Kier alpha value is 0.380. The van der Waals surface area contributed by atoms with Gasteiger partial charge in [-0.2, -0.15) is 8.42 Å². The Morgan fingerprint density at radius 2 is 1.26 bits per heavy atom. The fourth-order valence-electron chi connectivity index (χ4n) is 2.32. The van der Waals surface area contributed by atoms with Gasteiger partial charge in [0.25, 0.3) is 10.1 Å². The minimum atomic E-state index is -4.27. The summed E-state index contributed by atoms with van der Waals surface area (Å²) < 4.78 is 34.1. The summed E-state index contributed by atoms with van der Waals surface area (Å²) in [6.07, 6.45) is 14.7. The summed E-state index contributed by atoms with van der Waals surface area (Å²) in [5.74, 6) is -1.84. The Balaban J connectivity index is -0.00000220. The predicted octanol–water partition coefficient (Wildman–Crippen LogP) is 1.24. The first-order chi connectivity index (χ1) is 10.5. The topological polar surface area (TPSA) is 80.7 Å².